The van der Waals surface area contributed by atoms with E-state index in [9.17, 15) is 9.59 Å². The zero-order chi connectivity index (χ0) is 24.9. The van der Waals surface area contributed by atoms with Crippen LogP contribution < -0.4 is 20.5 Å². The molecule has 0 spiro atoms. The molecular formula is C28H26N2O5. The summed E-state index contributed by atoms with van der Waals surface area (Å²) in [5.74, 6) is 0.572. The summed E-state index contributed by atoms with van der Waals surface area (Å²) in [6.45, 7) is 4.23. The number of furan rings is 1. The summed E-state index contributed by atoms with van der Waals surface area (Å²) >= 11 is 0. The molecule has 3 N–H and O–H groups in total. The number of hydrogen-bond donors (Lipinski definition) is 2. The number of allylic oxidation sites excluding steroid dienone is 1. The second-order valence-corrected chi connectivity index (χ2v) is 7.91. The minimum absolute atomic E-state index is 0.306. The number of primary amides is 1. The highest BCUT2D eigenvalue weighted by atomic mass is 16.5. The Morgan fingerprint density at radius 3 is 2.40 bits per heavy atom. The Hall–Kier alpha value is -4.52. The van der Waals surface area contributed by atoms with Crippen LogP contribution in [0.4, 0.5) is 5.69 Å². The van der Waals surface area contributed by atoms with Crippen LogP contribution >= 0.6 is 0 Å². The fourth-order valence-corrected chi connectivity index (χ4v) is 3.80. The maximum atomic E-state index is 12.7. The summed E-state index contributed by atoms with van der Waals surface area (Å²) in [5.41, 5.74) is 10.3. The van der Waals surface area contributed by atoms with Gasteiger partial charge in [-0.05, 0) is 67.4 Å². The first-order valence-electron chi connectivity index (χ1n) is 11.1. The number of methoxy groups -OCH3 is 1. The molecule has 35 heavy (non-hydrogen) atoms. The van der Waals surface area contributed by atoms with E-state index in [4.69, 9.17) is 19.6 Å². The number of carbonyl (C=O) groups excluding carboxylic acids is 2. The van der Waals surface area contributed by atoms with Crippen LogP contribution in [0.15, 0.2) is 77.4 Å². The lowest BCUT2D eigenvalue weighted by atomic mass is 9.99. The van der Waals surface area contributed by atoms with Crippen LogP contribution in [0.3, 0.4) is 0 Å². The smallest absolute Gasteiger partial charge is 0.248 e. The Balaban J connectivity index is 1.67. The molecule has 7 nitrogen and oxygen atoms in total. The van der Waals surface area contributed by atoms with Crippen molar-refractivity contribution < 1.29 is 23.5 Å². The van der Waals surface area contributed by atoms with E-state index in [1.807, 2.05) is 50.2 Å². The van der Waals surface area contributed by atoms with Gasteiger partial charge in [0.15, 0.2) is 0 Å². The minimum atomic E-state index is -0.522. The van der Waals surface area contributed by atoms with Gasteiger partial charge >= 0.3 is 0 Å². The third-order valence-corrected chi connectivity index (χ3v) is 5.59. The Morgan fingerprint density at radius 1 is 1.06 bits per heavy atom. The van der Waals surface area contributed by atoms with Crippen LogP contribution in [0, 0.1) is 0 Å². The van der Waals surface area contributed by atoms with Gasteiger partial charge in [-0.3, -0.25) is 9.59 Å². The number of nitrogens with two attached hydrogens (primary N) is 1. The molecule has 178 valence electrons. The van der Waals surface area contributed by atoms with Crippen LogP contribution in [0.2, 0.25) is 0 Å². The van der Waals surface area contributed by atoms with Crippen LogP contribution in [0.5, 0.6) is 11.5 Å². The Morgan fingerprint density at radius 2 is 1.77 bits per heavy atom. The third-order valence-electron chi connectivity index (χ3n) is 5.59. The van der Waals surface area contributed by atoms with Gasteiger partial charge in [-0.15, -0.1) is 0 Å². The van der Waals surface area contributed by atoms with E-state index < -0.39 is 5.91 Å². The van der Waals surface area contributed by atoms with Gasteiger partial charge in [0, 0.05) is 39.9 Å². The first-order chi connectivity index (χ1) is 16.9. The fourth-order valence-electron chi connectivity index (χ4n) is 3.80. The van der Waals surface area contributed by atoms with Crippen molar-refractivity contribution in [1.29, 1.82) is 0 Å². The van der Waals surface area contributed by atoms with Gasteiger partial charge in [0.2, 0.25) is 11.8 Å². The number of ether oxygens (including phenoxy) is 2. The molecule has 0 saturated heterocycles. The molecule has 0 saturated carbocycles. The van der Waals surface area contributed by atoms with E-state index in [-0.39, 0.29) is 5.91 Å². The highest BCUT2D eigenvalue weighted by molar-refractivity contribution is 6.05. The summed E-state index contributed by atoms with van der Waals surface area (Å²) in [6, 6.07) is 18.0. The maximum absolute atomic E-state index is 12.7. The Kier molecular flexibility index (Phi) is 6.87. The first-order valence-corrected chi connectivity index (χ1v) is 11.1. The second-order valence-electron chi connectivity index (χ2n) is 7.91. The lowest BCUT2D eigenvalue weighted by Gasteiger charge is -2.12. The Labute approximate surface area is 203 Å². The molecule has 0 aliphatic heterocycles. The van der Waals surface area contributed by atoms with E-state index in [0.717, 1.165) is 33.4 Å². The number of amides is 2. The first kappa shape index (κ1) is 23.6. The monoisotopic (exact) mass is 470 g/mol. The molecular weight excluding hydrogens is 444 g/mol. The molecule has 0 aliphatic rings. The molecule has 7 heteroatoms. The van der Waals surface area contributed by atoms with Gasteiger partial charge in [0.1, 0.15) is 17.1 Å². The van der Waals surface area contributed by atoms with Crippen molar-refractivity contribution in [2.24, 2.45) is 5.73 Å². The van der Waals surface area contributed by atoms with Crippen molar-refractivity contribution in [3.8, 4) is 22.6 Å². The van der Waals surface area contributed by atoms with Crippen molar-refractivity contribution in [2.75, 3.05) is 19.0 Å². The van der Waals surface area contributed by atoms with E-state index in [2.05, 4.69) is 5.32 Å². The lowest BCUT2D eigenvalue weighted by Crippen LogP contribution is -2.12. The molecule has 4 aromatic rings. The number of nitrogens with one attached hydrogen (secondary N) is 1. The molecule has 1 heterocycles. The maximum Gasteiger partial charge on any atom is 0.248 e. The second kappa shape index (κ2) is 10.2. The number of hydrogen-bond acceptors (Lipinski definition) is 5. The predicted octanol–water partition coefficient (Wildman–Crippen LogP) is 5.65. The standard InChI is InChI=1S/C28H26N2O5/c1-4-34-25-15-26-23(24(16-35-26)18-7-11-21(33-3)12-8-18)14-22(25)17(2)13-27(31)30-20-9-5-19(6-10-20)28(29)32/h5-16H,4H2,1-3H3,(H2,29,32)(H,30,31)/b17-13+. The van der Waals surface area contributed by atoms with Gasteiger partial charge in [-0.2, -0.15) is 0 Å². The van der Waals surface area contributed by atoms with Crippen LogP contribution in [-0.2, 0) is 4.79 Å². The summed E-state index contributed by atoms with van der Waals surface area (Å²) < 4.78 is 16.9. The van der Waals surface area contributed by atoms with Crippen molar-refractivity contribution in [3.63, 3.8) is 0 Å². The molecule has 0 atom stereocenters. The zero-order valence-corrected chi connectivity index (χ0v) is 19.8. The average molecular weight is 471 g/mol. The quantitative estimate of drug-likeness (QED) is 0.324. The number of fused-ring (bicyclic) bond motifs is 1. The molecule has 4 rings (SSSR count). The minimum Gasteiger partial charge on any atom is -0.497 e. The molecule has 0 fully saturated rings. The molecule has 0 unspecified atom stereocenters. The van der Waals surface area contributed by atoms with Gasteiger partial charge in [0.05, 0.1) is 20.0 Å². The normalized spacial score (nSPS) is 11.3. The lowest BCUT2D eigenvalue weighted by molar-refractivity contribution is -0.111. The number of carbonyl (C=O) groups is 2. The van der Waals surface area contributed by atoms with Gasteiger partial charge in [0.25, 0.3) is 0 Å². The Bertz CT molecular complexity index is 1400. The predicted molar refractivity (Wildman–Crippen MR) is 137 cm³/mol. The highest BCUT2D eigenvalue weighted by Gasteiger charge is 2.15. The van der Waals surface area contributed by atoms with E-state index >= 15 is 0 Å². The topological polar surface area (TPSA) is 104 Å². The summed E-state index contributed by atoms with van der Waals surface area (Å²) in [7, 11) is 1.63. The zero-order valence-electron chi connectivity index (χ0n) is 19.8. The van der Waals surface area contributed by atoms with Crippen molar-refractivity contribution in [3.05, 3.63) is 84.1 Å². The summed E-state index contributed by atoms with van der Waals surface area (Å²) in [4.78, 5) is 23.9. The molecule has 0 radical (unpaired) electrons. The van der Waals surface area contributed by atoms with Crippen molar-refractivity contribution >= 4 is 34.0 Å². The number of anilines is 1. The SMILES string of the molecule is CCOc1cc2occ(-c3ccc(OC)cc3)c2cc1/C(C)=C/C(=O)Nc1ccc(C(N)=O)cc1. The molecule has 3 aromatic carbocycles. The number of rotatable bonds is 8. The third kappa shape index (κ3) is 5.19. The van der Waals surface area contributed by atoms with Gasteiger partial charge < -0.3 is 24.9 Å². The summed E-state index contributed by atoms with van der Waals surface area (Å²) in [5, 5.41) is 3.71. The van der Waals surface area contributed by atoms with Crippen molar-refractivity contribution in [2.45, 2.75) is 13.8 Å². The van der Waals surface area contributed by atoms with E-state index in [1.54, 1.807) is 37.6 Å². The van der Waals surface area contributed by atoms with Crippen LogP contribution in [0.1, 0.15) is 29.8 Å². The highest BCUT2D eigenvalue weighted by Crippen LogP contribution is 2.38. The average Bonchev–Trinajstić information content (AvgIpc) is 3.27. The van der Waals surface area contributed by atoms with Gasteiger partial charge in [-0.1, -0.05) is 12.1 Å². The van der Waals surface area contributed by atoms with Crippen molar-refractivity contribution in [1.82, 2.24) is 0 Å². The number of benzene rings is 3. The fraction of sp³-hybridized carbons (Fsp3) is 0.143. The van der Waals surface area contributed by atoms with E-state index in [1.165, 1.54) is 6.08 Å². The molecule has 0 aliphatic carbocycles. The van der Waals surface area contributed by atoms with Crippen LogP contribution in [-0.4, -0.2) is 25.5 Å². The molecule has 0 bridgehead atoms. The molecule has 1 aromatic heterocycles. The van der Waals surface area contributed by atoms with Gasteiger partial charge in [-0.25, -0.2) is 0 Å². The largest absolute Gasteiger partial charge is 0.497 e. The molecule has 2 amide bonds. The summed E-state index contributed by atoms with van der Waals surface area (Å²) in [6.07, 6.45) is 3.23. The van der Waals surface area contributed by atoms with E-state index in [0.29, 0.717) is 29.2 Å². The van der Waals surface area contributed by atoms with Crippen LogP contribution in [0.25, 0.3) is 27.7 Å².